The highest BCUT2D eigenvalue weighted by molar-refractivity contribution is 7.93. The molecule has 2 amide bonds. The molecule has 0 saturated heterocycles. The van der Waals surface area contributed by atoms with E-state index in [2.05, 4.69) is 15.3 Å². The maximum Gasteiger partial charge on any atom is 0.472 e. The third-order valence-electron chi connectivity index (χ3n) is 10.8. The third kappa shape index (κ3) is 7.26. The zero-order chi connectivity index (χ0) is 36.0. The van der Waals surface area contributed by atoms with Gasteiger partial charge in [0.2, 0.25) is 0 Å². The standard InChI is InChI=1S/C36H41ClF3N3O6S/c1-21-6-4-8-31(49-23(3)44)28-12-9-26(28)18-43-19-35(15-5-7-24-16-27(37)11-13-29(24)35)20-48-32-14-10-25(17-30(32)43)33(45)41-50(47,22(21)2)42-34(46)36(38,39)40/h4,8,10-11,13-14,16-17,21-22,26,28,31H,5-7,9,12,15,18-20H2,1-3H3,(H,41,42,45,46,47)/b8-4+. The maximum atomic E-state index is 14.2. The van der Waals surface area contributed by atoms with E-state index in [1.807, 2.05) is 12.1 Å². The van der Waals surface area contributed by atoms with E-state index in [-0.39, 0.29) is 23.8 Å². The van der Waals surface area contributed by atoms with Gasteiger partial charge in [-0.1, -0.05) is 30.7 Å². The number of ether oxygens (including phenoxy) is 2. The summed E-state index contributed by atoms with van der Waals surface area (Å²) in [6.07, 6.45) is 2.21. The van der Waals surface area contributed by atoms with Crippen LogP contribution in [0.5, 0.6) is 5.75 Å². The van der Waals surface area contributed by atoms with Crippen LogP contribution in [0, 0.1) is 17.8 Å². The summed E-state index contributed by atoms with van der Waals surface area (Å²) in [7, 11) is -4.29. The Kier molecular flexibility index (Phi) is 10.0. The van der Waals surface area contributed by atoms with Crippen LogP contribution >= 0.6 is 11.6 Å². The number of alkyl halides is 3. The molecule has 2 aliphatic carbocycles. The van der Waals surface area contributed by atoms with Gasteiger partial charge in [0.25, 0.3) is 5.91 Å². The second kappa shape index (κ2) is 13.9. The highest BCUT2D eigenvalue weighted by atomic mass is 35.5. The van der Waals surface area contributed by atoms with Crippen molar-refractivity contribution in [2.45, 2.75) is 82.2 Å². The van der Waals surface area contributed by atoms with Crippen LogP contribution in [-0.2, 0) is 36.1 Å². The number of anilines is 1. The van der Waals surface area contributed by atoms with Crippen LogP contribution in [0.2, 0.25) is 5.02 Å². The lowest BCUT2D eigenvalue weighted by atomic mass is 9.68. The molecule has 14 heteroatoms. The Morgan fingerprint density at radius 2 is 1.94 bits per heavy atom. The summed E-state index contributed by atoms with van der Waals surface area (Å²) in [4.78, 5) is 40.3. The van der Waals surface area contributed by atoms with E-state index in [1.165, 1.54) is 19.9 Å². The molecule has 9 nitrogen and oxygen atoms in total. The normalized spacial score (nSPS) is 31.9. The van der Waals surface area contributed by atoms with Gasteiger partial charge in [0.1, 0.15) is 21.8 Å². The van der Waals surface area contributed by atoms with E-state index in [9.17, 15) is 31.8 Å². The number of carbonyl (C=O) groups is 3. The Balaban J connectivity index is 1.48. The minimum atomic E-state index is -5.35. The van der Waals surface area contributed by atoms with Crippen LogP contribution in [0.15, 0.2) is 52.9 Å². The molecule has 1 saturated carbocycles. The van der Waals surface area contributed by atoms with Crippen molar-refractivity contribution in [2.75, 3.05) is 24.6 Å². The summed E-state index contributed by atoms with van der Waals surface area (Å²) in [6.45, 7) is 5.84. The Morgan fingerprint density at radius 3 is 2.64 bits per heavy atom. The van der Waals surface area contributed by atoms with Gasteiger partial charge in [0, 0.05) is 41.9 Å². The third-order valence-corrected chi connectivity index (χ3v) is 13.4. The topological polar surface area (TPSA) is 114 Å². The second-order valence-electron chi connectivity index (χ2n) is 14.1. The summed E-state index contributed by atoms with van der Waals surface area (Å²) in [5.74, 6) is -3.86. The quantitative estimate of drug-likeness (QED) is 0.262. The van der Waals surface area contributed by atoms with Crippen molar-refractivity contribution in [2.24, 2.45) is 22.1 Å². The van der Waals surface area contributed by atoms with E-state index in [1.54, 1.807) is 35.9 Å². The molecular weight excluding hydrogens is 695 g/mol. The van der Waals surface area contributed by atoms with E-state index in [4.69, 9.17) is 21.1 Å². The van der Waals surface area contributed by atoms with Gasteiger partial charge in [0.05, 0.1) is 17.5 Å². The van der Waals surface area contributed by atoms with E-state index < -0.39 is 56.6 Å². The molecule has 2 aromatic carbocycles. The van der Waals surface area contributed by atoms with Crippen molar-refractivity contribution < 1.29 is 41.2 Å². The number of halogens is 4. The molecule has 1 N–H and O–H groups in total. The number of rotatable bonds is 2. The fourth-order valence-electron chi connectivity index (χ4n) is 7.74. The zero-order valence-corrected chi connectivity index (χ0v) is 29.7. The van der Waals surface area contributed by atoms with Gasteiger partial charge in [0.15, 0.2) is 0 Å². The summed E-state index contributed by atoms with van der Waals surface area (Å²) in [6, 6.07) is 10.6. The first-order valence-electron chi connectivity index (χ1n) is 16.9. The number of hydrogen-bond donors (Lipinski definition) is 1. The smallest absolute Gasteiger partial charge is 0.472 e. The number of carbonyl (C=O) groups excluding carboxylic acids is 3. The van der Waals surface area contributed by atoms with Crippen molar-refractivity contribution in [1.29, 1.82) is 0 Å². The number of aryl methyl sites for hydroxylation is 1. The van der Waals surface area contributed by atoms with Crippen molar-refractivity contribution in [3.05, 3.63) is 70.3 Å². The van der Waals surface area contributed by atoms with Gasteiger partial charge in [-0.2, -0.15) is 13.2 Å². The molecule has 7 unspecified atom stereocenters. The zero-order valence-electron chi connectivity index (χ0n) is 28.1. The van der Waals surface area contributed by atoms with Crippen LogP contribution in [0.3, 0.4) is 0 Å². The van der Waals surface area contributed by atoms with E-state index in [0.29, 0.717) is 36.2 Å². The molecule has 6 rings (SSSR count). The average molecular weight is 736 g/mol. The Labute approximate surface area is 295 Å². The van der Waals surface area contributed by atoms with Crippen molar-refractivity contribution >= 4 is 45.0 Å². The summed E-state index contributed by atoms with van der Waals surface area (Å²) < 4.78 is 72.1. The second-order valence-corrected chi connectivity index (χ2v) is 16.8. The SMILES string of the molecule is CC(=O)OC1/C=C/CC(C)C(C)S(=O)(NC(=O)C(F)(F)F)=NC(=O)c2ccc3c(c2)N(CC2CCC21)CC1(CCCc2cc(Cl)ccc21)CO3. The fourth-order valence-corrected chi connectivity index (χ4v) is 9.81. The van der Waals surface area contributed by atoms with E-state index in [0.717, 1.165) is 43.2 Å². The summed E-state index contributed by atoms with van der Waals surface area (Å²) >= 11 is 6.39. The van der Waals surface area contributed by atoms with Gasteiger partial charge in [-0.15, -0.1) is 4.36 Å². The van der Waals surface area contributed by atoms with Gasteiger partial charge in [-0.3, -0.25) is 19.1 Å². The number of hydrogen-bond acceptors (Lipinski definition) is 7. The molecule has 2 aromatic rings. The van der Waals surface area contributed by atoms with Crippen LogP contribution in [0.4, 0.5) is 18.9 Å². The average Bonchev–Trinajstić information content (AvgIpc) is 3.18. The molecule has 2 aliphatic heterocycles. The van der Waals surface area contributed by atoms with Gasteiger partial charge in [-0.25, -0.2) is 4.21 Å². The highest BCUT2D eigenvalue weighted by Gasteiger charge is 2.46. The number of nitrogens with zero attached hydrogens (tertiary/aromatic N) is 2. The summed E-state index contributed by atoms with van der Waals surface area (Å²) in [5.41, 5.74) is 2.47. The Bertz CT molecular complexity index is 1840. The van der Waals surface area contributed by atoms with Crippen molar-refractivity contribution in [1.82, 2.24) is 4.72 Å². The first-order chi connectivity index (χ1) is 23.6. The Morgan fingerprint density at radius 1 is 1.16 bits per heavy atom. The molecule has 7 atom stereocenters. The highest BCUT2D eigenvalue weighted by Crippen LogP contribution is 2.47. The predicted molar refractivity (Wildman–Crippen MR) is 183 cm³/mol. The molecule has 4 aliphatic rings. The predicted octanol–water partition coefficient (Wildman–Crippen LogP) is 6.96. The van der Waals surface area contributed by atoms with Gasteiger partial charge >= 0.3 is 18.1 Å². The number of fused-ring (bicyclic) bond motifs is 4. The van der Waals surface area contributed by atoms with E-state index >= 15 is 0 Å². The molecule has 2 heterocycles. The fraction of sp³-hybridized carbons (Fsp3) is 0.528. The van der Waals surface area contributed by atoms with Crippen molar-refractivity contribution in [3.8, 4) is 5.75 Å². The monoisotopic (exact) mass is 735 g/mol. The van der Waals surface area contributed by atoms with Crippen LogP contribution < -0.4 is 14.4 Å². The molecular formula is C36H41ClF3N3O6S. The molecule has 270 valence electrons. The maximum absolute atomic E-state index is 14.2. The van der Waals surface area contributed by atoms with Crippen LogP contribution in [0.25, 0.3) is 0 Å². The Hall–Kier alpha value is -3.58. The number of benzene rings is 2. The number of allylic oxidation sites excluding steroid dienone is 1. The minimum absolute atomic E-state index is 0.00657. The van der Waals surface area contributed by atoms with Crippen LogP contribution in [-0.4, -0.2) is 59.2 Å². The molecule has 2 bridgehead atoms. The lowest BCUT2D eigenvalue weighted by molar-refractivity contribution is -0.171. The lowest BCUT2D eigenvalue weighted by Gasteiger charge is -2.46. The largest absolute Gasteiger partial charge is 0.490 e. The number of nitrogens with one attached hydrogen (secondary N) is 1. The lowest BCUT2D eigenvalue weighted by Crippen LogP contribution is -2.49. The van der Waals surface area contributed by atoms with Gasteiger partial charge in [-0.05, 0) is 105 Å². The summed E-state index contributed by atoms with van der Waals surface area (Å²) in [5, 5.41) is -0.511. The molecule has 0 aromatic heterocycles. The first-order valence-corrected chi connectivity index (χ1v) is 18.9. The molecule has 50 heavy (non-hydrogen) atoms. The molecule has 1 spiro atoms. The molecule has 1 fully saturated rings. The van der Waals surface area contributed by atoms with Crippen molar-refractivity contribution in [3.63, 3.8) is 0 Å². The number of amides is 2. The number of esters is 1. The molecule has 0 radical (unpaired) electrons. The van der Waals surface area contributed by atoms with Gasteiger partial charge < -0.3 is 14.4 Å². The van der Waals surface area contributed by atoms with Crippen LogP contribution in [0.1, 0.15) is 74.4 Å². The minimum Gasteiger partial charge on any atom is -0.490 e. The first kappa shape index (κ1) is 36.2.